The second-order valence-corrected chi connectivity index (χ2v) is 8.01. The van der Waals surface area contributed by atoms with Crippen LogP contribution >= 0.6 is 0 Å². The zero-order chi connectivity index (χ0) is 22.6. The Morgan fingerprint density at radius 1 is 1.03 bits per heavy atom. The topological polar surface area (TPSA) is 147 Å². The number of aliphatic hydroxyl groups excluding tert-OH is 4. The molecule has 0 aliphatic carbocycles. The molecule has 3 heterocycles. The van der Waals surface area contributed by atoms with Crippen LogP contribution in [-0.2, 0) is 4.74 Å². The molecular weight excluding hydrogens is 424 g/mol. The summed E-state index contributed by atoms with van der Waals surface area (Å²) < 4.78 is 28.2. The molecule has 1 fully saturated rings. The lowest BCUT2D eigenvalue weighted by Gasteiger charge is -2.39. The third-order valence-electron chi connectivity index (χ3n) is 6.17. The zero-order valence-corrected chi connectivity index (χ0v) is 17.1. The van der Waals surface area contributed by atoms with Crippen molar-refractivity contribution in [2.24, 2.45) is 0 Å². The van der Waals surface area contributed by atoms with Gasteiger partial charge < -0.3 is 49.2 Å². The SMILES string of the molecule is COc1ccc2c(c1O)OC1c3ccc(OC4OC(CO)C(O)C(O)C4O)cc3OCC21. The molecule has 0 spiro atoms. The summed E-state index contributed by atoms with van der Waals surface area (Å²) >= 11 is 0. The van der Waals surface area contributed by atoms with Crippen LogP contribution in [0.4, 0.5) is 0 Å². The van der Waals surface area contributed by atoms with E-state index in [4.69, 9.17) is 23.7 Å². The standard InChI is InChI=1S/C22H24O10/c1-28-13-5-4-10-12-8-29-14-6-9(2-3-11(14)20(12)32-21(10)17(13)25)30-22-19(27)18(26)16(24)15(7-23)31-22/h2-6,12,15-16,18-20,22-27H,7-8H2,1H3. The number of aliphatic hydroxyl groups is 4. The van der Waals surface area contributed by atoms with E-state index in [0.717, 1.165) is 11.1 Å². The molecule has 32 heavy (non-hydrogen) atoms. The van der Waals surface area contributed by atoms with E-state index >= 15 is 0 Å². The van der Waals surface area contributed by atoms with Crippen molar-refractivity contribution < 1.29 is 49.2 Å². The van der Waals surface area contributed by atoms with E-state index in [0.29, 0.717) is 29.6 Å². The van der Waals surface area contributed by atoms with Crippen LogP contribution in [0.5, 0.6) is 28.7 Å². The second kappa shape index (κ2) is 7.98. The maximum Gasteiger partial charge on any atom is 0.229 e. The van der Waals surface area contributed by atoms with Crippen molar-refractivity contribution in [2.45, 2.75) is 42.7 Å². The molecule has 0 radical (unpaired) electrons. The van der Waals surface area contributed by atoms with Gasteiger partial charge in [-0.15, -0.1) is 0 Å². The molecule has 0 bridgehead atoms. The first kappa shape index (κ1) is 21.1. The van der Waals surface area contributed by atoms with Crippen LogP contribution in [0.15, 0.2) is 30.3 Å². The third kappa shape index (κ3) is 3.23. The van der Waals surface area contributed by atoms with Gasteiger partial charge in [0.15, 0.2) is 11.5 Å². The number of phenols is 1. The maximum absolute atomic E-state index is 10.4. The van der Waals surface area contributed by atoms with Crippen LogP contribution in [0.25, 0.3) is 0 Å². The highest BCUT2D eigenvalue weighted by atomic mass is 16.7. The summed E-state index contributed by atoms with van der Waals surface area (Å²) in [6.07, 6.45) is -7.24. The number of fused-ring (bicyclic) bond motifs is 5. The molecule has 5 rings (SSSR count). The Bertz CT molecular complexity index is 1010. The van der Waals surface area contributed by atoms with E-state index in [-0.39, 0.29) is 17.8 Å². The molecular formula is C22H24O10. The number of aromatic hydroxyl groups is 1. The summed E-state index contributed by atoms with van der Waals surface area (Å²) in [4.78, 5) is 0. The Hall–Kier alpha value is -2.76. The van der Waals surface area contributed by atoms with Crippen molar-refractivity contribution in [3.63, 3.8) is 0 Å². The van der Waals surface area contributed by atoms with Gasteiger partial charge in [0.2, 0.25) is 12.0 Å². The fraction of sp³-hybridized carbons (Fsp3) is 0.455. The Morgan fingerprint density at radius 2 is 1.81 bits per heavy atom. The summed E-state index contributed by atoms with van der Waals surface area (Å²) in [6.45, 7) is -0.226. The van der Waals surface area contributed by atoms with Crippen molar-refractivity contribution in [2.75, 3.05) is 20.3 Å². The molecule has 3 aliphatic rings. The molecule has 0 aromatic heterocycles. The van der Waals surface area contributed by atoms with Crippen molar-refractivity contribution in [1.82, 2.24) is 0 Å². The molecule has 2 aromatic carbocycles. The number of hydrogen-bond donors (Lipinski definition) is 5. The number of benzene rings is 2. The summed E-state index contributed by atoms with van der Waals surface area (Å²) in [5, 5.41) is 49.8. The van der Waals surface area contributed by atoms with E-state index in [1.807, 2.05) is 6.07 Å². The minimum Gasteiger partial charge on any atom is -0.502 e. The number of phenolic OH excluding ortho intramolecular Hbond substituents is 1. The first-order chi connectivity index (χ1) is 15.4. The third-order valence-corrected chi connectivity index (χ3v) is 6.17. The van der Waals surface area contributed by atoms with Crippen molar-refractivity contribution in [3.05, 3.63) is 41.5 Å². The van der Waals surface area contributed by atoms with Crippen LogP contribution < -0.4 is 18.9 Å². The molecule has 0 saturated carbocycles. The van der Waals surface area contributed by atoms with Crippen LogP contribution in [0.1, 0.15) is 23.1 Å². The van der Waals surface area contributed by atoms with Gasteiger partial charge in [0, 0.05) is 17.2 Å². The lowest BCUT2D eigenvalue weighted by Crippen LogP contribution is -2.60. The average molecular weight is 448 g/mol. The quantitative estimate of drug-likeness (QED) is 0.439. The maximum atomic E-state index is 10.4. The van der Waals surface area contributed by atoms with Gasteiger partial charge in [-0.3, -0.25) is 0 Å². The fourth-order valence-corrected chi connectivity index (χ4v) is 4.41. The minimum absolute atomic E-state index is 0.0523. The van der Waals surface area contributed by atoms with Gasteiger partial charge in [0.05, 0.1) is 26.2 Å². The number of methoxy groups -OCH3 is 1. The lowest BCUT2D eigenvalue weighted by atomic mass is 9.89. The van der Waals surface area contributed by atoms with Gasteiger partial charge in [-0.2, -0.15) is 0 Å². The second-order valence-electron chi connectivity index (χ2n) is 8.01. The van der Waals surface area contributed by atoms with E-state index in [2.05, 4.69) is 0 Å². The van der Waals surface area contributed by atoms with Gasteiger partial charge in [0.1, 0.15) is 42.0 Å². The Labute approximate surface area is 183 Å². The highest BCUT2D eigenvalue weighted by Gasteiger charge is 2.45. The van der Waals surface area contributed by atoms with Crippen LogP contribution in [0.2, 0.25) is 0 Å². The van der Waals surface area contributed by atoms with Crippen LogP contribution in [0, 0.1) is 0 Å². The molecule has 7 unspecified atom stereocenters. The van der Waals surface area contributed by atoms with Gasteiger partial charge in [-0.25, -0.2) is 0 Å². The number of ether oxygens (including phenoxy) is 5. The number of rotatable bonds is 4. The molecule has 3 aliphatic heterocycles. The molecule has 10 heteroatoms. The zero-order valence-electron chi connectivity index (χ0n) is 17.1. The van der Waals surface area contributed by atoms with Gasteiger partial charge in [-0.05, 0) is 18.2 Å². The first-order valence-electron chi connectivity index (χ1n) is 10.2. The summed E-state index contributed by atoms with van der Waals surface area (Å²) in [6, 6.07) is 8.54. The normalized spacial score (nSPS) is 32.7. The van der Waals surface area contributed by atoms with Gasteiger partial charge in [-0.1, -0.05) is 6.07 Å². The Balaban J connectivity index is 1.37. The molecule has 7 atom stereocenters. The Kier molecular flexibility index (Phi) is 5.26. The largest absolute Gasteiger partial charge is 0.502 e. The van der Waals surface area contributed by atoms with E-state index < -0.39 is 37.3 Å². The average Bonchev–Trinajstić information content (AvgIpc) is 3.19. The molecule has 1 saturated heterocycles. The molecule has 10 nitrogen and oxygen atoms in total. The smallest absolute Gasteiger partial charge is 0.229 e. The monoisotopic (exact) mass is 448 g/mol. The van der Waals surface area contributed by atoms with E-state index in [9.17, 15) is 25.5 Å². The van der Waals surface area contributed by atoms with Crippen molar-refractivity contribution in [3.8, 4) is 28.7 Å². The predicted octanol–water partition coefficient (Wildman–Crippen LogP) is 0.189. The van der Waals surface area contributed by atoms with Crippen LogP contribution in [0.3, 0.4) is 0 Å². The highest BCUT2D eigenvalue weighted by molar-refractivity contribution is 5.60. The summed E-state index contributed by atoms with van der Waals surface area (Å²) in [5.41, 5.74) is 1.59. The number of hydrogen-bond acceptors (Lipinski definition) is 10. The van der Waals surface area contributed by atoms with E-state index in [1.54, 1.807) is 24.3 Å². The predicted molar refractivity (Wildman–Crippen MR) is 107 cm³/mol. The van der Waals surface area contributed by atoms with Gasteiger partial charge >= 0.3 is 0 Å². The molecule has 5 N–H and O–H groups in total. The molecule has 0 amide bonds. The van der Waals surface area contributed by atoms with Crippen molar-refractivity contribution >= 4 is 0 Å². The minimum atomic E-state index is -1.53. The summed E-state index contributed by atoms with van der Waals surface area (Å²) in [7, 11) is 1.47. The van der Waals surface area contributed by atoms with Crippen LogP contribution in [-0.4, -0.2) is 76.6 Å². The lowest BCUT2D eigenvalue weighted by molar-refractivity contribution is -0.277. The Morgan fingerprint density at radius 3 is 2.56 bits per heavy atom. The highest BCUT2D eigenvalue weighted by Crippen LogP contribution is 2.56. The van der Waals surface area contributed by atoms with Crippen molar-refractivity contribution in [1.29, 1.82) is 0 Å². The fourth-order valence-electron chi connectivity index (χ4n) is 4.41. The van der Waals surface area contributed by atoms with Gasteiger partial charge in [0.25, 0.3) is 0 Å². The molecule has 2 aromatic rings. The first-order valence-corrected chi connectivity index (χ1v) is 10.2. The molecule has 172 valence electrons. The summed E-state index contributed by atoms with van der Waals surface area (Å²) in [5.74, 6) is 1.35. The van der Waals surface area contributed by atoms with E-state index in [1.165, 1.54) is 7.11 Å².